The van der Waals surface area contributed by atoms with E-state index in [1.54, 1.807) is 13.3 Å². The first kappa shape index (κ1) is 12.2. The predicted molar refractivity (Wildman–Crippen MR) is 72.2 cm³/mol. The first-order valence-electron chi connectivity index (χ1n) is 6.52. The topological polar surface area (TPSA) is 47.3 Å². The molecule has 0 spiro atoms. The van der Waals surface area contributed by atoms with E-state index >= 15 is 0 Å². The number of fused-ring (bicyclic) bond motifs is 1. The van der Waals surface area contributed by atoms with Gasteiger partial charge in [0.05, 0.1) is 19.4 Å². The number of ether oxygens (including phenoxy) is 1. The van der Waals surface area contributed by atoms with Gasteiger partial charge in [0.25, 0.3) is 0 Å². The van der Waals surface area contributed by atoms with Crippen molar-refractivity contribution in [1.82, 2.24) is 9.78 Å². The first-order chi connectivity index (χ1) is 9.19. The average molecular weight is 258 g/mol. The SMILES string of the molecule is COc1ccc(C2Cc3c(cnn3C)C(O)C2)cc1. The average Bonchev–Trinajstić information content (AvgIpc) is 2.81. The number of hydrogen-bond acceptors (Lipinski definition) is 3. The second-order valence-electron chi connectivity index (χ2n) is 5.10. The number of aryl methyl sites for hydroxylation is 1. The van der Waals surface area contributed by atoms with Crippen LogP contribution in [0.2, 0.25) is 0 Å². The van der Waals surface area contributed by atoms with Crippen molar-refractivity contribution >= 4 is 0 Å². The molecule has 100 valence electrons. The molecule has 0 saturated carbocycles. The zero-order valence-corrected chi connectivity index (χ0v) is 11.2. The largest absolute Gasteiger partial charge is 0.497 e. The smallest absolute Gasteiger partial charge is 0.118 e. The lowest BCUT2D eigenvalue weighted by Gasteiger charge is -2.27. The molecular weight excluding hydrogens is 240 g/mol. The number of hydrogen-bond donors (Lipinski definition) is 1. The van der Waals surface area contributed by atoms with Crippen LogP contribution in [0.15, 0.2) is 30.5 Å². The van der Waals surface area contributed by atoms with E-state index in [1.165, 1.54) is 5.56 Å². The van der Waals surface area contributed by atoms with Gasteiger partial charge in [0.1, 0.15) is 5.75 Å². The highest BCUT2D eigenvalue weighted by Crippen LogP contribution is 2.38. The Morgan fingerprint density at radius 2 is 2.05 bits per heavy atom. The van der Waals surface area contributed by atoms with Gasteiger partial charge < -0.3 is 9.84 Å². The quantitative estimate of drug-likeness (QED) is 0.898. The monoisotopic (exact) mass is 258 g/mol. The van der Waals surface area contributed by atoms with E-state index in [0.717, 1.165) is 29.8 Å². The lowest BCUT2D eigenvalue weighted by atomic mass is 9.81. The number of aliphatic hydroxyl groups is 1. The van der Waals surface area contributed by atoms with Crippen LogP contribution in [-0.2, 0) is 13.5 Å². The normalized spacial score (nSPS) is 22.1. The Bertz CT molecular complexity index is 574. The molecule has 0 fully saturated rings. The lowest BCUT2D eigenvalue weighted by Crippen LogP contribution is -2.18. The Hall–Kier alpha value is -1.81. The molecule has 0 radical (unpaired) electrons. The van der Waals surface area contributed by atoms with E-state index in [4.69, 9.17) is 4.74 Å². The van der Waals surface area contributed by atoms with Crippen molar-refractivity contribution in [3.8, 4) is 5.75 Å². The molecule has 1 heterocycles. The molecule has 19 heavy (non-hydrogen) atoms. The Morgan fingerprint density at radius 1 is 1.32 bits per heavy atom. The van der Waals surface area contributed by atoms with Crippen LogP contribution in [0.25, 0.3) is 0 Å². The number of nitrogens with zero attached hydrogens (tertiary/aromatic N) is 2. The molecule has 2 atom stereocenters. The molecule has 1 aromatic carbocycles. The van der Waals surface area contributed by atoms with Crippen LogP contribution in [0.3, 0.4) is 0 Å². The van der Waals surface area contributed by atoms with Crippen molar-refractivity contribution < 1.29 is 9.84 Å². The zero-order valence-electron chi connectivity index (χ0n) is 11.2. The van der Waals surface area contributed by atoms with Crippen LogP contribution < -0.4 is 4.74 Å². The van der Waals surface area contributed by atoms with Crippen LogP contribution >= 0.6 is 0 Å². The minimum Gasteiger partial charge on any atom is -0.497 e. The van der Waals surface area contributed by atoms with E-state index in [1.807, 2.05) is 23.9 Å². The molecule has 0 aliphatic heterocycles. The van der Waals surface area contributed by atoms with Gasteiger partial charge in [-0.3, -0.25) is 4.68 Å². The third kappa shape index (κ3) is 2.12. The lowest BCUT2D eigenvalue weighted by molar-refractivity contribution is 0.147. The van der Waals surface area contributed by atoms with Gasteiger partial charge in [-0.1, -0.05) is 12.1 Å². The fourth-order valence-electron chi connectivity index (χ4n) is 2.85. The number of rotatable bonds is 2. The van der Waals surface area contributed by atoms with Crippen LogP contribution in [0, 0.1) is 0 Å². The Labute approximate surface area is 112 Å². The van der Waals surface area contributed by atoms with Crippen LogP contribution in [-0.4, -0.2) is 22.0 Å². The molecule has 3 rings (SSSR count). The Morgan fingerprint density at radius 3 is 2.74 bits per heavy atom. The van der Waals surface area contributed by atoms with Crippen molar-refractivity contribution in [3.63, 3.8) is 0 Å². The minimum absolute atomic E-state index is 0.337. The second-order valence-corrected chi connectivity index (χ2v) is 5.10. The second kappa shape index (κ2) is 4.70. The summed E-state index contributed by atoms with van der Waals surface area (Å²) in [4.78, 5) is 0. The van der Waals surface area contributed by atoms with Crippen LogP contribution in [0.5, 0.6) is 5.75 Å². The van der Waals surface area contributed by atoms with E-state index in [-0.39, 0.29) is 0 Å². The van der Waals surface area contributed by atoms with Crippen molar-refractivity contribution in [2.45, 2.75) is 24.9 Å². The molecule has 1 N–H and O–H groups in total. The van der Waals surface area contributed by atoms with Gasteiger partial charge in [-0.25, -0.2) is 0 Å². The minimum atomic E-state index is -0.412. The van der Waals surface area contributed by atoms with Gasteiger partial charge in [-0.15, -0.1) is 0 Å². The summed E-state index contributed by atoms with van der Waals surface area (Å²) in [5, 5.41) is 14.5. The zero-order chi connectivity index (χ0) is 13.4. The summed E-state index contributed by atoms with van der Waals surface area (Å²) < 4.78 is 7.05. The summed E-state index contributed by atoms with van der Waals surface area (Å²) >= 11 is 0. The number of aliphatic hydroxyl groups excluding tert-OH is 1. The summed E-state index contributed by atoms with van der Waals surface area (Å²) in [5.74, 6) is 1.20. The highest BCUT2D eigenvalue weighted by atomic mass is 16.5. The molecule has 4 heteroatoms. The molecule has 0 saturated heterocycles. The van der Waals surface area contributed by atoms with Gasteiger partial charge in [0.2, 0.25) is 0 Å². The summed E-state index contributed by atoms with van der Waals surface area (Å²) in [6.45, 7) is 0. The number of benzene rings is 1. The highest BCUT2D eigenvalue weighted by Gasteiger charge is 2.29. The van der Waals surface area contributed by atoms with Crippen LogP contribution in [0.4, 0.5) is 0 Å². The standard InChI is InChI=1S/C15H18N2O2/c1-17-14-7-11(8-15(18)13(14)9-16-17)10-3-5-12(19-2)6-4-10/h3-6,9,11,15,18H,7-8H2,1-2H3. The maximum Gasteiger partial charge on any atom is 0.118 e. The third-order valence-corrected chi connectivity index (χ3v) is 3.99. The van der Waals surface area contributed by atoms with Gasteiger partial charge in [0, 0.05) is 18.3 Å². The van der Waals surface area contributed by atoms with E-state index in [9.17, 15) is 5.11 Å². The summed E-state index contributed by atoms with van der Waals surface area (Å²) in [7, 11) is 3.60. The Balaban J connectivity index is 1.89. The fourth-order valence-corrected chi connectivity index (χ4v) is 2.85. The van der Waals surface area contributed by atoms with Gasteiger partial charge in [-0.2, -0.15) is 5.10 Å². The van der Waals surface area contributed by atoms with E-state index in [2.05, 4.69) is 17.2 Å². The molecule has 0 amide bonds. The molecule has 0 bridgehead atoms. The molecule has 2 unspecified atom stereocenters. The van der Waals surface area contributed by atoms with E-state index in [0.29, 0.717) is 5.92 Å². The highest BCUT2D eigenvalue weighted by molar-refractivity contribution is 5.34. The molecule has 1 aliphatic carbocycles. The summed E-state index contributed by atoms with van der Waals surface area (Å²) in [6, 6.07) is 8.11. The van der Waals surface area contributed by atoms with E-state index < -0.39 is 6.10 Å². The van der Waals surface area contributed by atoms with Gasteiger partial charge in [0.15, 0.2) is 0 Å². The summed E-state index contributed by atoms with van der Waals surface area (Å²) in [5.41, 5.74) is 3.36. The maximum atomic E-state index is 10.2. The third-order valence-electron chi connectivity index (χ3n) is 3.99. The molecule has 4 nitrogen and oxygen atoms in total. The van der Waals surface area contributed by atoms with Crippen molar-refractivity contribution in [2.75, 3.05) is 7.11 Å². The van der Waals surface area contributed by atoms with Gasteiger partial charge >= 0.3 is 0 Å². The van der Waals surface area contributed by atoms with Crippen LogP contribution in [0.1, 0.15) is 35.3 Å². The summed E-state index contributed by atoms with van der Waals surface area (Å²) in [6.07, 6.45) is 3.05. The first-order valence-corrected chi connectivity index (χ1v) is 6.52. The molecule has 1 aliphatic rings. The predicted octanol–water partition coefficient (Wildman–Crippen LogP) is 2.19. The Kier molecular flexibility index (Phi) is 3.03. The van der Waals surface area contributed by atoms with Crippen molar-refractivity contribution in [1.29, 1.82) is 0 Å². The number of aromatic nitrogens is 2. The number of methoxy groups -OCH3 is 1. The fraction of sp³-hybridized carbons (Fsp3) is 0.400. The van der Waals surface area contributed by atoms with Gasteiger partial charge in [-0.05, 0) is 36.5 Å². The van der Waals surface area contributed by atoms with Crippen molar-refractivity contribution in [2.24, 2.45) is 7.05 Å². The molecular formula is C15H18N2O2. The van der Waals surface area contributed by atoms with Crippen molar-refractivity contribution in [3.05, 3.63) is 47.3 Å². The molecule has 1 aromatic heterocycles. The maximum absolute atomic E-state index is 10.2. The molecule has 2 aromatic rings.